The average molecular weight is 395 g/mol. The zero-order valence-corrected chi connectivity index (χ0v) is 17.0. The molecule has 0 aliphatic heterocycles. The van der Waals surface area contributed by atoms with E-state index in [1.165, 1.54) is 5.56 Å². The quantitative estimate of drug-likeness (QED) is 0.754. The summed E-state index contributed by atoms with van der Waals surface area (Å²) in [6.45, 7) is 4.67. The molecule has 4 nitrogen and oxygen atoms in total. The Morgan fingerprint density at radius 1 is 1.12 bits per heavy atom. The van der Waals surface area contributed by atoms with Crippen LogP contribution in [0.5, 0.6) is 0 Å². The van der Waals surface area contributed by atoms with Gasteiger partial charge in [0.15, 0.2) is 0 Å². The van der Waals surface area contributed by atoms with Gasteiger partial charge in [-0.05, 0) is 34.7 Å². The van der Waals surface area contributed by atoms with Crippen molar-refractivity contribution in [3.63, 3.8) is 0 Å². The SMILES string of the molecule is CC(C)c1ccc(C(N)CNC(=O)c2cccc(CS(C)=O)c2)cc1.Cl. The first-order chi connectivity index (χ1) is 11.9. The van der Waals surface area contributed by atoms with Crippen LogP contribution in [0.4, 0.5) is 0 Å². The van der Waals surface area contributed by atoms with E-state index in [2.05, 4.69) is 31.3 Å². The van der Waals surface area contributed by atoms with Gasteiger partial charge in [-0.2, -0.15) is 0 Å². The fourth-order valence-corrected chi connectivity index (χ4v) is 3.24. The second-order valence-electron chi connectivity index (χ2n) is 6.56. The second-order valence-corrected chi connectivity index (χ2v) is 7.99. The summed E-state index contributed by atoms with van der Waals surface area (Å²) in [7, 11) is -0.931. The van der Waals surface area contributed by atoms with Crippen LogP contribution in [0.25, 0.3) is 0 Å². The highest BCUT2D eigenvalue weighted by Crippen LogP contribution is 2.17. The largest absolute Gasteiger partial charge is 0.350 e. The predicted octanol–water partition coefficient (Wildman–Crippen LogP) is 3.54. The molecule has 0 aromatic heterocycles. The third kappa shape index (κ3) is 6.56. The monoisotopic (exact) mass is 394 g/mol. The first-order valence-corrected chi connectivity index (χ1v) is 10.1. The van der Waals surface area contributed by atoms with Crippen molar-refractivity contribution in [2.24, 2.45) is 5.73 Å². The molecular formula is C20H27ClN2O2S. The highest BCUT2D eigenvalue weighted by molar-refractivity contribution is 7.83. The Morgan fingerprint density at radius 3 is 2.31 bits per heavy atom. The molecule has 0 saturated heterocycles. The van der Waals surface area contributed by atoms with Gasteiger partial charge in [-0.15, -0.1) is 12.4 Å². The molecule has 2 rings (SSSR count). The molecule has 2 atom stereocenters. The van der Waals surface area contributed by atoms with Gasteiger partial charge in [0.2, 0.25) is 0 Å². The molecule has 1 amide bonds. The normalized spacial score (nSPS) is 13.0. The van der Waals surface area contributed by atoms with Crippen LogP contribution in [0.3, 0.4) is 0 Å². The summed E-state index contributed by atoms with van der Waals surface area (Å²) in [6.07, 6.45) is 1.65. The Kier molecular flexibility index (Phi) is 8.99. The van der Waals surface area contributed by atoms with E-state index in [4.69, 9.17) is 5.73 Å². The predicted molar refractivity (Wildman–Crippen MR) is 111 cm³/mol. The summed E-state index contributed by atoms with van der Waals surface area (Å²) in [5, 5.41) is 2.88. The zero-order chi connectivity index (χ0) is 18.4. The number of nitrogens with two attached hydrogens (primary N) is 1. The molecule has 0 aliphatic rings. The molecule has 0 saturated carbocycles. The van der Waals surface area contributed by atoms with Crippen LogP contribution in [0.2, 0.25) is 0 Å². The molecule has 2 aromatic carbocycles. The molecule has 26 heavy (non-hydrogen) atoms. The number of rotatable bonds is 7. The molecule has 0 spiro atoms. The zero-order valence-electron chi connectivity index (χ0n) is 15.4. The molecule has 142 valence electrons. The minimum absolute atomic E-state index is 0. The minimum atomic E-state index is -0.931. The standard InChI is InChI=1S/C20H26N2O2S.ClH/c1-14(2)16-7-9-17(10-8-16)19(21)12-22-20(23)18-6-4-5-15(11-18)13-25(3)24;/h4-11,14,19H,12-13,21H2,1-3H3,(H,22,23);1H. The Labute approximate surface area is 164 Å². The van der Waals surface area contributed by atoms with E-state index in [1.54, 1.807) is 18.4 Å². The maximum Gasteiger partial charge on any atom is 0.251 e. The van der Waals surface area contributed by atoms with E-state index in [-0.39, 0.29) is 24.4 Å². The van der Waals surface area contributed by atoms with Crippen LogP contribution < -0.4 is 11.1 Å². The Balaban J connectivity index is 0.00000338. The van der Waals surface area contributed by atoms with Crippen LogP contribution in [0, 0.1) is 0 Å². The number of carbonyl (C=O) groups is 1. The Hall–Kier alpha value is -1.69. The molecule has 6 heteroatoms. The number of hydrogen-bond donors (Lipinski definition) is 2. The van der Waals surface area contributed by atoms with Crippen molar-refractivity contribution in [3.8, 4) is 0 Å². The molecule has 0 radical (unpaired) electrons. The smallest absolute Gasteiger partial charge is 0.251 e. The van der Waals surface area contributed by atoms with Crippen molar-refractivity contribution in [1.29, 1.82) is 0 Å². The number of hydrogen-bond acceptors (Lipinski definition) is 3. The lowest BCUT2D eigenvalue weighted by Crippen LogP contribution is -2.32. The van der Waals surface area contributed by atoms with E-state index in [0.29, 0.717) is 23.8 Å². The molecule has 3 N–H and O–H groups in total. The van der Waals surface area contributed by atoms with Gasteiger partial charge in [-0.1, -0.05) is 50.2 Å². The second kappa shape index (κ2) is 10.5. The average Bonchev–Trinajstić information content (AvgIpc) is 2.59. The highest BCUT2D eigenvalue weighted by atomic mass is 35.5. The summed E-state index contributed by atoms with van der Waals surface area (Å²) >= 11 is 0. The lowest BCUT2D eigenvalue weighted by molar-refractivity contribution is 0.0951. The fraction of sp³-hybridized carbons (Fsp3) is 0.350. The molecule has 0 fully saturated rings. The first-order valence-electron chi connectivity index (χ1n) is 8.39. The molecule has 2 aromatic rings. The van der Waals surface area contributed by atoms with Crippen LogP contribution in [0.15, 0.2) is 48.5 Å². The maximum absolute atomic E-state index is 12.3. The van der Waals surface area contributed by atoms with Gasteiger partial charge in [0, 0.05) is 41.0 Å². The Bertz CT molecular complexity index is 748. The molecular weight excluding hydrogens is 368 g/mol. The minimum Gasteiger partial charge on any atom is -0.350 e. The molecule has 2 unspecified atom stereocenters. The van der Waals surface area contributed by atoms with Gasteiger partial charge in [0.1, 0.15) is 0 Å². The van der Waals surface area contributed by atoms with Crippen LogP contribution in [0.1, 0.15) is 52.9 Å². The number of amides is 1. The summed E-state index contributed by atoms with van der Waals surface area (Å²) in [5.74, 6) is 0.760. The summed E-state index contributed by atoms with van der Waals surface area (Å²) < 4.78 is 11.3. The van der Waals surface area contributed by atoms with Crippen LogP contribution in [-0.4, -0.2) is 22.9 Å². The van der Waals surface area contributed by atoms with Gasteiger partial charge in [0.25, 0.3) is 5.91 Å². The number of nitrogens with one attached hydrogen (secondary N) is 1. The number of benzene rings is 2. The topological polar surface area (TPSA) is 72.2 Å². The van der Waals surface area contributed by atoms with Crippen molar-refractivity contribution < 1.29 is 9.00 Å². The van der Waals surface area contributed by atoms with Gasteiger partial charge in [0.05, 0.1) is 0 Å². The van der Waals surface area contributed by atoms with Crippen molar-refractivity contribution >= 4 is 29.1 Å². The number of carbonyl (C=O) groups excluding carboxylic acids is 1. The van der Waals surface area contributed by atoms with Gasteiger partial charge >= 0.3 is 0 Å². The van der Waals surface area contributed by atoms with Crippen molar-refractivity contribution in [3.05, 3.63) is 70.8 Å². The van der Waals surface area contributed by atoms with Crippen molar-refractivity contribution in [2.45, 2.75) is 31.6 Å². The van der Waals surface area contributed by atoms with E-state index in [1.807, 2.05) is 24.3 Å². The summed E-state index contributed by atoms with van der Waals surface area (Å²) in [4.78, 5) is 12.3. The highest BCUT2D eigenvalue weighted by Gasteiger charge is 2.11. The third-order valence-corrected chi connectivity index (χ3v) is 4.81. The Morgan fingerprint density at radius 2 is 1.73 bits per heavy atom. The lowest BCUT2D eigenvalue weighted by Gasteiger charge is -2.15. The first kappa shape index (κ1) is 22.4. The number of halogens is 1. The lowest BCUT2D eigenvalue weighted by atomic mass is 9.99. The molecule has 0 bridgehead atoms. The van der Waals surface area contributed by atoms with Gasteiger partial charge in [-0.3, -0.25) is 9.00 Å². The van der Waals surface area contributed by atoms with Crippen LogP contribution in [-0.2, 0) is 16.6 Å². The molecule has 0 heterocycles. The van der Waals surface area contributed by atoms with E-state index in [0.717, 1.165) is 11.1 Å². The van der Waals surface area contributed by atoms with Gasteiger partial charge in [-0.25, -0.2) is 0 Å². The van der Waals surface area contributed by atoms with Crippen molar-refractivity contribution in [2.75, 3.05) is 12.8 Å². The van der Waals surface area contributed by atoms with Gasteiger partial charge < -0.3 is 11.1 Å². The maximum atomic E-state index is 12.3. The fourth-order valence-electron chi connectivity index (χ4n) is 2.59. The third-order valence-electron chi connectivity index (χ3n) is 4.07. The summed E-state index contributed by atoms with van der Waals surface area (Å²) in [6, 6.07) is 15.2. The van der Waals surface area contributed by atoms with Crippen LogP contribution >= 0.6 is 12.4 Å². The van der Waals surface area contributed by atoms with Crippen molar-refractivity contribution in [1.82, 2.24) is 5.32 Å². The van der Waals surface area contributed by atoms with E-state index < -0.39 is 10.8 Å². The van der Waals surface area contributed by atoms with E-state index in [9.17, 15) is 9.00 Å². The van der Waals surface area contributed by atoms with E-state index >= 15 is 0 Å². The summed E-state index contributed by atoms with van der Waals surface area (Å²) in [5.41, 5.74) is 9.91. The molecule has 0 aliphatic carbocycles.